The van der Waals surface area contributed by atoms with Crippen molar-refractivity contribution >= 4 is 5.97 Å². The van der Waals surface area contributed by atoms with Gasteiger partial charge in [0.05, 0.1) is 19.7 Å². The first-order chi connectivity index (χ1) is 7.49. The number of rotatable bonds is 4. The third-order valence-electron chi connectivity index (χ3n) is 2.29. The summed E-state index contributed by atoms with van der Waals surface area (Å²) < 4.78 is 5.33. The number of benzene rings is 1. The lowest BCUT2D eigenvalue weighted by Crippen LogP contribution is -3.06. The summed E-state index contributed by atoms with van der Waals surface area (Å²) in [5.74, 6) is -0.242. The molecule has 17 heavy (non-hydrogen) atoms. The maximum atomic E-state index is 11.7. The topological polar surface area (TPSA) is 30.7 Å². The lowest BCUT2D eigenvalue weighted by Gasteiger charge is -2.15. The fraction of sp³-hybridized carbons (Fsp3) is 0.462. The van der Waals surface area contributed by atoms with E-state index in [-0.39, 0.29) is 24.5 Å². The van der Waals surface area contributed by atoms with Gasteiger partial charge in [-0.25, -0.2) is 4.79 Å². The Bertz CT molecular complexity index is 349. The third-order valence-corrected chi connectivity index (χ3v) is 2.29. The van der Waals surface area contributed by atoms with Crippen molar-refractivity contribution in [2.75, 3.05) is 20.6 Å². The first-order valence-corrected chi connectivity index (χ1v) is 5.55. The fourth-order valence-electron chi connectivity index (χ4n) is 1.56. The van der Waals surface area contributed by atoms with Gasteiger partial charge in [-0.3, -0.25) is 0 Å². The van der Waals surface area contributed by atoms with Crippen LogP contribution in [0.1, 0.15) is 22.8 Å². The highest BCUT2D eigenvalue weighted by Gasteiger charge is 2.13. The van der Waals surface area contributed by atoms with E-state index in [1.165, 1.54) is 4.90 Å². The molecular weight excluding hydrogens is 238 g/mol. The van der Waals surface area contributed by atoms with Crippen LogP contribution in [-0.2, 0) is 4.74 Å². The van der Waals surface area contributed by atoms with Crippen LogP contribution in [0, 0.1) is 6.92 Å². The average molecular weight is 258 g/mol. The minimum absolute atomic E-state index is 0. The van der Waals surface area contributed by atoms with Gasteiger partial charge in [0.1, 0.15) is 12.6 Å². The second-order valence-electron chi connectivity index (χ2n) is 4.49. The highest BCUT2D eigenvalue weighted by atomic mass is 35.5. The summed E-state index contributed by atoms with van der Waals surface area (Å²) in [4.78, 5) is 13.0. The van der Waals surface area contributed by atoms with Gasteiger partial charge >= 0.3 is 5.97 Å². The SMILES string of the molecule is Cc1ccc(C(=O)OC(C)C[NH+](C)C)cc1.[Cl-]. The summed E-state index contributed by atoms with van der Waals surface area (Å²) in [5, 5.41) is 0. The monoisotopic (exact) mass is 257 g/mol. The van der Waals surface area contributed by atoms with E-state index in [9.17, 15) is 4.79 Å². The molecule has 1 N–H and O–H groups in total. The van der Waals surface area contributed by atoms with Gasteiger partial charge in [-0.15, -0.1) is 0 Å². The second-order valence-corrected chi connectivity index (χ2v) is 4.49. The Morgan fingerprint density at radius 3 is 2.29 bits per heavy atom. The molecule has 0 bridgehead atoms. The van der Waals surface area contributed by atoms with E-state index in [0.29, 0.717) is 5.56 Å². The Hall–Kier alpha value is -1.06. The number of carbonyl (C=O) groups is 1. The number of carbonyl (C=O) groups excluding carboxylic acids is 1. The molecule has 0 aliphatic carbocycles. The Balaban J connectivity index is 0.00000256. The molecule has 1 rings (SSSR count). The smallest absolute Gasteiger partial charge is 0.338 e. The van der Waals surface area contributed by atoms with E-state index >= 15 is 0 Å². The molecule has 0 amide bonds. The summed E-state index contributed by atoms with van der Waals surface area (Å²) in [6.07, 6.45) is -0.0567. The lowest BCUT2D eigenvalue weighted by atomic mass is 10.1. The minimum atomic E-state index is -0.242. The molecule has 1 aromatic carbocycles. The summed E-state index contributed by atoms with van der Waals surface area (Å²) in [6, 6.07) is 7.43. The number of hydrogen-bond acceptors (Lipinski definition) is 2. The number of esters is 1. The molecule has 1 aromatic rings. The number of quaternary nitrogens is 1. The number of hydrogen-bond donors (Lipinski definition) is 1. The normalized spacial score (nSPS) is 11.8. The third kappa shape index (κ3) is 5.71. The zero-order valence-corrected chi connectivity index (χ0v) is 11.5. The fourth-order valence-corrected chi connectivity index (χ4v) is 1.56. The molecule has 0 aliphatic rings. The molecule has 1 atom stereocenters. The molecule has 3 nitrogen and oxygen atoms in total. The molecule has 0 fully saturated rings. The number of ether oxygens (including phenoxy) is 1. The van der Waals surface area contributed by atoms with Gasteiger partial charge in [0, 0.05) is 0 Å². The van der Waals surface area contributed by atoms with E-state index in [0.717, 1.165) is 12.1 Å². The predicted octanol–water partition coefficient (Wildman–Crippen LogP) is -2.31. The van der Waals surface area contributed by atoms with Crippen LogP contribution in [0.5, 0.6) is 0 Å². The van der Waals surface area contributed by atoms with Crippen molar-refractivity contribution in [2.24, 2.45) is 0 Å². The lowest BCUT2D eigenvalue weighted by molar-refractivity contribution is -0.861. The quantitative estimate of drug-likeness (QED) is 0.615. The van der Waals surface area contributed by atoms with Crippen LogP contribution in [0.2, 0.25) is 0 Å². The number of likely N-dealkylation sites (N-methyl/N-ethyl adjacent to an activating group) is 1. The molecule has 0 spiro atoms. The van der Waals surface area contributed by atoms with Crippen LogP contribution in [0.15, 0.2) is 24.3 Å². The van der Waals surface area contributed by atoms with Crippen LogP contribution in [-0.4, -0.2) is 32.7 Å². The van der Waals surface area contributed by atoms with Crippen molar-refractivity contribution in [1.29, 1.82) is 0 Å². The van der Waals surface area contributed by atoms with E-state index in [2.05, 4.69) is 0 Å². The van der Waals surface area contributed by atoms with Crippen LogP contribution in [0.3, 0.4) is 0 Å². The van der Waals surface area contributed by atoms with Crippen LogP contribution in [0.4, 0.5) is 0 Å². The van der Waals surface area contributed by atoms with Crippen molar-refractivity contribution in [2.45, 2.75) is 20.0 Å². The summed E-state index contributed by atoms with van der Waals surface area (Å²) in [7, 11) is 4.08. The highest BCUT2D eigenvalue weighted by molar-refractivity contribution is 5.89. The zero-order valence-electron chi connectivity index (χ0n) is 10.8. The van der Waals surface area contributed by atoms with Gasteiger partial charge in [-0.2, -0.15) is 0 Å². The van der Waals surface area contributed by atoms with Gasteiger partial charge in [0.15, 0.2) is 0 Å². The van der Waals surface area contributed by atoms with E-state index in [4.69, 9.17) is 4.74 Å². The van der Waals surface area contributed by atoms with Gasteiger partial charge in [0.2, 0.25) is 0 Å². The summed E-state index contributed by atoms with van der Waals surface area (Å²) in [6.45, 7) is 4.73. The largest absolute Gasteiger partial charge is 1.00 e. The highest BCUT2D eigenvalue weighted by Crippen LogP contribution is 2.05. The van der Waals surface area contributed by atoms with Gasteiger partial charge < -0.3 is 22.0 Å². The van der Waals surface area contributed by atoms with E-state index < -0.39 is 0 Å². The maximum Gasteiger partial charge on any atom is 0.338 e. The number of halogens is 1. The summed E-state index contributed by atoms with van der Waals surface area (Å²) >= 11 is 0. The molecule has 96 valence electrons. The van der Waals surface area contributed by atoms with Gasteiger partial charge in [-0.1, -0.05) is 17.7 Å². The first-order valence-electron chi connectivity index (χ1n) is 5.55. The Kier molecular flexibility index (Phi) is 6.85. The Labute approximate surface area is 109 Å². The second kappa shape index (κ2) is 7.30. The van der Waals surface area contributed by atoms with Crippen LogP contribution < -0.4 is 17.3 Å². The Morgan fingerprint density at radius 2 is 1.82 bits per heavy atom. The molecule has 0 aliphatic heterocycles. The van der Waals surface area contributed by atoms with Crippen molar-refractivity contribution in [3.63, 3.8) is 0 Å². The molecule has 1 unspecified atom stereocenters. The number of aryl methyl sites for hydroxylation is 1. The molecule has 0 saturated carbocycles. The first kappa shape index (κ1) is 15.9. The van der Waals surface area contributed by atoms with Crippen LogP contribution >= 0.6 is 0 Å². The maximum absolute atomic E-state index is 11.7. The van der Waals surface area contributed by atoms with E-state index in [1.54, 1.807) is 12.1 Å². The van der Waals surface area contributed by atoms with Crippen molar-refractivity contribution in [3.05, 3.63) is 35.4 Å². The molecule has 0 radical (unpaired) electrons. The van der Waals surface area contributed by atoms with Crippen LogP contribution in [0.25, 0.3) is 0 Å². The molecule has 4 heteroatoms. The standard InChI is InChI=1S/C13H19NO2.ClH/c1-10-5-7-12(8-6-10)13(15)16-11(2)9-14(3)4;/h5-8,11H,9H2,1-4H3;1H. The van der Waals surface area contributed by atoms with Crippen molar-refractivity contribution < 1.29 is 26.8 Å². The Morgan fingerprint density at radius 1 is 1.29 bits per heavy atom. The number of nitrogens with one attached hydrogen (secondary N) is 1. The zero-order chi connectivity index (χ0) is 12.1. The molecular formula is C13H20ClNO2. The molecule has 0 aromatic heterocycles. The van der Waals surface area contributed by atoms with Gasteiger partial charge in [-0.05, 0) is 26.0 Å². The molecule has 0 heterocycles. The average Bonchev–Trinajstić information content (AvgIpc) is 2.16. The molecule has 0 saturated heterocycles. The minimum Gasteiger partial charge on any atom is -1.00 e. The van der Waals surface area contributed by atoms with Crippen molar-refractivity contribution in [1.82, 2.24) is 0 Å². The predicted molar refractivity (Wildman–Crippen MR) is 63.7 cm³/mol. The van der Waals surface area contributed by atoms with Crippen molar-refractivity contribution in [3.8, 4) is 0 Å². The summed E-state index contributed by atoms with van der Waals surface area (Å²) in [5.41, 5.74) is 1.76. The van der Waals surface area contributed by atoms with E-state index in [1.807, 2.05) is 40.1 Å². The van der Waals surface area contributed by atoms with Gasteiger partial charge in [0.25, 0.3) is 0 Å².